The predicted molar refractivity (Wildman–Crippen MR) is 88.4 cm³/mol. The van der Waals surface area contributed by atoms with Gasteiger partial charge in [0.25, 0.3) is 10.2 Å². The molecule has 0 bridgehead atoms. The van der Waals surface area contributed by atoms with Gasteiger partial charge in [-0.05, 0) is 31.5 Å². The molecule has 1 aliphatic heterocycles. The second-order valence-corrected chi connectivity index (χ2v) is 7.08. The summed E-state index contributed by atoms with van der Waals surface area (Å²) in [7, 11) is -3.40. The summed E-state index contributed by atoms with van der Waals surface area (Å²) in [6, 6.07) is 8.23. The minimum Gasteiger partial charge on any atom is -0.379 e. The predicted octanol–water partition coefficient (Wildman–Crippen LogP) is 0.988. The third-order valence-corrected chi connectivity index (χ3v) is 5.34. The Morgan fingerprint density at radius 1 is 1.32 bits per heavy atom. The van der Waals surface area contributed by atoms with Crippen LogP contribution in [0.2, 0.25) is 0 Å². The minimum atomic E-state index is -3.40. The number of hydrogen-bond donors (Lipinski definition) is 1. The summed E-state index contributed by atoms with van der Waals surface area (Å²) in [5.41, 5.74) is 2.32. The van der Waals surface area contributed by atoms with E-state index in [1.54, 1.807) is 0 Å². The summed E-state index contributed by atoms with van der Waals surface area (Å²) >= 11 is 0. The Balaban J connectivity index is 1.88. The number of hydrogen-bond acceptors (Lipinski definition) is 4. The van der Waals surface area contributed by atoms with Crippen molar-refractivity contribution < 1.29 is 13.2 Å². The molecule has 7 heteroatoms. The Labute approximate surface area is 133 Å². The van der Waals surface area contributed by atoms with Crippen molar-refractivity contribution in [3.05, 3.63) is 29.8 Å². The maximum absolute atomic E-state index is 12.2. The summed E-state index contributed by atoms with van der Waals surface area (Å²) in [6.07, 6.45) is 0. The number of morpholine rings is 1. The van der Waals surface area contributed by atoms with Crippen LogP contribution in [-0.4, -0.2) is 58.7 Å². The van der Waals surface area contributed by atoms with Crippen molar-refractivity contribution in [2.24, 2.45) is 0 Å². The molecule has 0 unspecified atom stereocenters. The fourth-order valence-electron chi connectivity index (χ4n) is 2.48. The van der Waals surface area contributed by atoms with Crippen LogP contribution in [0.1, 0.15) is 12.5 Å². The lowest BCUT2D eigenvalue weighted by Gasteiger charge is -2.27. The molecule has 0 atom stereocenters. The number of rotatable bonds is 7. The highest BCUT2D eigenvalue weighted by Crippen LogP contribution is 2.15. The van der Waals surface area contributed by atoms with Crippen molar-refractivity contribution in [3.63, 3.8) is 0 Å². The van der Waals surface area contributed by atoms with E-state index in [0.717, 1.165) is 12.2 Å². The first kappa shape index (κ1) is 17.2. The van der Waals surface area contributed by atoms with Crippen LogP contribution in [-0.2, 0) is 14.9 Å². The van der Waals surface area contributed by atoms with Gasteiger partial charge in [-0.3, -0.25) is 0 Å². The van der Waals surface area contributed by atoms with Gasteiger partial charge in [0, 0.05) is 38.4 Å². The van der Waals surface area contributed by atoms with Gasteiger partial charge in [0.1, 0.15) is 0 Å². The first-order valence-corrected chi connectivity index (χ1v) is 9.11. The maximum Gasteiger partial charge on any atom is 0.279 e. The molecule has 0 radical (unpaired) electrons. The van der Waals surface area contributed by atoms with Gasteiger partial charge in [0.05, 0.1) is 13.2 Å². The fourth-order valence-corrected chi connectivity index (χ4v) is 3.64. The Bertz CT molecular complexity index is 571. The SMILES string of the molecule is CCN(CCNS(=O)(=O)N1CCOCC1)c1cccc(C)c1. The lowest BCUT2D eigenvalue weighted by molar-refractivity contribution is 0.0725. The van der Waals surface area contributed by atoms with Crippen molar-refractivity contribution in [2.45, 2.75) is 13.8 Å². The highest BCUT2D eigenvalue weighted by Gasteiger charge is 2.23. The molecule has 1 aromatic rings. The molecule has 22 heavy (non-hydrogen) atoms. The van der Waals surface area contributed by atoms with Gasteiger partial charge in [-0.25, -0.2) is 4.72 Å². The van der Waals surface area contributed by atoms with Crippen LogP contribution < -0.4 is 9.62 Å². The highest BCUT2D eigenvalue weighted by molar-refractivity contribution is 7.87. The Morgan fingerprint density at radius 2 is 2.05 bits per heavy atom. The molecule has 1 fully saturated rings. The van der Waals surface area contributed by atoms with E-state index in [2.05, 4.69) is 35.6 Å². The van der Waals surface area contributed by atoms with Crippen molar-refractivity contribution in [1.82, 2.24) is 9.03 Å². The summed E-state index contributed by atoms with van der Waals surface area (Å²) in [5.74, 6) is 0. The number of nitrogens with zero attached hydrogens (tertiary/aromatic N) is 2. The number of nitrogens with one attached hydrogen (secondary N) is 1. The van der Waals surface area contributed by atoms with Gasteiger partial charge >= 0.3 is 0 Å². The van der Waals surface area contributed by atoms with E-state index < -0.39 is 10.2 Å². The van der Waals surface area contributed by atoms with E-state index in [-0.39, 0.29) is 0 Å². The van der Waals surface area contributed by atoms with E-state index >= 15 is 0 Å². The number of anilines is 1. The quantitative estimate of drug-likeness (QED) is 0.811. The molecule has 6 nitrogen and oxygen atoms in total. The first-order valence-electron chi connectivity index (χ1n) is 7.67. The van der Waals surface area contributed by atoms with Crippen molar-refractivity contribution in [3.8, 4) is 0 Å². The van der Waals surface area contributed by atoms with Crippen molar-refractivity contribution in [2.75, 3.05) is 50.8 Å². The average Bonchev–Trinajstić information content (AvgIpc) is 2.52. The molecule has 0 aromatic heterocycles. The Kier molecular flexibility index (Phi) is 6.19. The van der Waals surface area contributed by atoms with Gasteiger partial charge < -0.3 is 9.64 Å². The van der Waals surface area contributed by atoms with Gasteiger partial charge in [0.2, 0.25) is 0 Å². The monoisotopic (exact) mass is 327 g/mol. The van der Waals surface area contributed by atoms with Gasteiger partial charge in [-0.15, -0.1) is 0 Å². The number of likely N-dealkylation sites (N-methyl/N-ethyl adjacent to an activating group) is 1. The zero-order valence-corrected chi connectivity index (χ0v) is 14.1. The molecule has 0 saturated carbocycles. The molecule has 1 aromatic carbocycles. The summed E-state index contributed by atoms with van der Waals surface area (Å²) in [6.45, 7) is 7.76. The molecular weight excluding hydrogens is 302 g/mol. The maximum atomic E-state index is 12.2. The molecular formula is C15H25N3O3S. The molecule has 1 heterocycles. The summed E-state index contributed by atoms with van der Waals surface area (Å²) < 4.78 is 33.7. The number of ether oxygens (including phenoxy) is 1. The van der Waals surface area contributed by atoms with Gasteiger partial charge in [-0.1, -0.05) is 12.1 Å². The molecule has 124 valence electrons. The highest BCUT2D eigenvalue weighted by atomic mass is 32.2. The van der Waals surface area contributed by atoms with Crippen LogP contribution in [0.4, 0.5) is 5.69 Å². The lowest BCUT2D eigenvalue weighted by atomic mass is 10.2. The van der Waals surface area contributed by atoms with Crippen molar-refractivity contribution >= 4 is 15.9 Å². The molecule has 0 amide bonds. The average molecular weight is 327 g/mol. The van der Waals surface area contributed by atoms with E-state index in [1.807, 2.05) is 12.1 Å². The van der Waals surface area contributed by atoms with Crippen LogP contribution in [0, 0.1) is 6.92 Å². The van der Waals surface area contributed by atoms with Crippen LogP contribution in [0.15, 0.2) is 24.3 Å². The Morgan fingerprint density at radius 3 is 2.68 bits per heavy atom. The minimum absolute atomic E-state index is 0.390. The third kappa shape index (κ3) is 4.67. The zero-order chi connectivity index (χ0) is 16.0. The van der Waals surface area contributed by atoms with E-state index in [9.17, 15) is 8.42 Å². The molecule has 0 aliphatic carbocycles. The Hall–Kier alpha value is -1.15. The van der Waals surface area contributed by atoms with E-state index in [0.29, 0.717) is 39.4 Å². The van der Waals surface area contributed by atoms with E-state index in [1.165, 1.54) is 9.87 Å². The summed E-state index contributed by atoms with van der Waals surface area (Å²) in [4.78, 5) is 2.16. The number of benzene rings is 1. The zero-order valence-electron chi connectivity index (χ0n) is 13.3. The van der Waals surface area contributed by atoms with Crippen LogP contribution in [0.25, 0.3) is 0 Å². The van der Waals surface area contributed by atoms with Crippen LogP contribution in [0.3, 0.4) is 0 Å². The fraction of sp³-hybridized carbons (Fsp3) is 0.600. The third-order valence-electron chi connectivity index (χ3n) is 3.72. The second kappa shape index (κ2) is 7.92. The number of aryl methyl sites for hydroxylation is 1. The summed E-state index contributed by atoms with van der Waals surface area (Å²) in [5, 5.41) is 0. The molecule has 1 N–H and O–H groups in total. The largest absolute Gasteiger partial charge is 0.379 e. The van der Waals surface area contributed by atoms with Crippen LogP contribution >= 0.6 is 0 Å². The molecule has 1 saturated heterocycles. The van der Waals surface area contributed by atoms with E-state index in [4.69, 9.17) is 4.74 Å². The van der Waals surface area contributed by atoms with Crippen molar-refractivity contribution in [1.29, 1.82) is 0 Å². The second-order valence-electron chi connectivity index (χ2n) is 5.33. The molecule has 0 spiro atoms. The standard InChI is InChI=1S/C15H25N3O3S/c1-3-17(15-6-4-5-14(2)13-15)8-7-16-22(19,20)18-9-11-21-12-10-18/h4-6,13,16H,3,7-12H2,1-2H3. The first-order chi connectivity index (χ1) is 10.5. The normalized spacial score (nSPS) is 16.6. The van der Waals surface area contributed by atoms with Crippen LogP contribution in [0.5, 0.6) is 0 Å². The topological polar surface area (TPSA) is 61.9 Å². The molecule has 1 aliphatic rings. The smallest absolute Gasteiger partial charge is 0.279 e. The molecule has 2 rings (SSSR count). The lowest BCUT2D eigenvalue weighted by Crippen LogP contribution is -2.48. The van der Waals surface area contributed by atoms with Gasteiger partial charge in [0.15, 0.2) is 0 Å². The van der Waals surface area contributed by atoms with Gasteiger partial charge in [-0.2, -0.15) is 12.7 Å².